The van der Waals surface area contributed by atoms with E-state index in [-0.39, 0.29) is 24.8 Å². The average Bonchev–Trinajstić information content (AvgIpc) is 3.51. The summed E-state index contributed by atoms with van der Waals surface area (Å²) in [5, 5.41) is 21.9. The number of rotatable bonds is 5. The first-order valence-corrected chi connectivity index (χ1v) is 15.7. The molecule has 5 aliphatic rings. The van der Waals surface area contributed by atoms with E-state index in [1.165, 1.54) is 19.1 Å². The molecular weight excluding hydrogens is 580 g/mol. The summed E-state index contributed by atoms with van der Waals surface area (Å²) in [4.78, 5) is 25.9. The van der Waals surface area contributed by atoms with Gasteiger partial charge < -0.3 is 25.4 Å². The molecule has 2 aromatic carbocycles. The monoisotopic (exact) mass is 619 g/mol. The van der Waals surface area contributed by atoms with Crippen LogP contribution < -0.4 is 5.73 Å². The van der Waals surface area contributed by atoms with Gasteiger partial charge in [0.1, 0.15) is 12.8 Å². The summed E-state index contributed by atoms with van der Waals surface area (Å²) in [6.45, 7) is 4.45. The Kier molecular flexibility index (Phi) is 6.85. The summed E-state index contributed by atoms with van der Waals surface area (Å²) in [6.07, 6.45) is -0.725. The lowest BCUT2D eigenvalue weighted by atomic mass is 9.44. The Morgan fingerprint density at radius 1 is 1.09 bits per heavy atom. The number of aliphatic hydroxyl groups is 2. The fraction of sp³-hybridized carbons (Fsp3) is 0.500. The molecule has 0 bridgehead atoms. The fourth-order valence-electron chi connectivity index (χ4n) is 9.54. The topological polar surface area (TPSA) is 119 Å². The van der Waals surface area contributed by atoms with E-state index < -0.39 is 76.8 Å². The molecular formula is C36H39F2NO6. The first-order chi connectivity index (χ1) is 21.3. The summed E-state index contributed by atoms with van der Waals surface area (Å²) in [6, 6.07) is 13.6. The molecule has 9 heteroatoms. The predicted molar refractivity (Wildman–Crippen MR) is 162 cm³/mol. The maximum absolute atomic E-state index is 17.6. The van der Waals surface area contributed by atoms with Crippen molar-refractivity contribution in [2.24, 2.45) is 22.7 Å². The van der Waals surface area contributed by atoms with E-state index in [1.54, 1.807) is 6.92 Å². The van der Waals surface area contributed by atoms with Gasteiger partial charge in [-0.25, -0.2) is 8.78 Å². The summed E-state index contributed by atoms with van der Waals surface area (Å²) >= 11 is 0. The number of alkyl halides is 2. The third-order valence-electron chi connectivity index (χ3n) is 11.9. The highest BCUT2D eigenvalue weighted by Gasteiger charge is 2.80. The van der Waals surface area contributed by atoms with Crippen molar-refractivity contribution in [2.45, 2.75) is 82.4 Å². The van der Waals surface area contributed by atoms with Crippen molar-refractivity contribution in [1.29, 1.82) is 0 Å². The molecule has 4 aliphatic carbocycles. The normalized spacial score (nSPS) is 41.6. The lowest BCUT2D eigenvalue weighted by molar-refractivity contribution is -0.235. The summed E-state index contributed by atoms with van der Waals surface area (Å²) in [5.41, 5.74) is 4.01. The molecule has 45 heavy (non-hydrogen) atoms. The van der Waals surface area contributed by atoms with Crippen LogP contribution in [0, 0.1) is 29.6 Å². The minimum atomic E-state index is -2.29. The van der Waals surface area contributed by atoms with E-state index in [0.29, 0.717) is 12.0 Å². The quantitative estimate of drug-likeness (QED) is 0.411. The number of Topliss-reactive ketones (excluding diaryl/α,β-unsaturated/α-hetero) is 1. The minimum Gasteiger partial charge on any atom is -0.399 e. The number of ether oxygens (including phenoxy) is 2. The number of nitrogens with two attached hydrogens (primary N) is 1. The Morgan fingerprint density at radius 3 is 2.49 bits per heavy atom. The number of hydrogen-bond acceptors (Lipinski definition) is 7. The highest BCUT2D eigenvalue weighted by molar-refractivity contribution is 6.01. The van der Waals surface area contributed by atoms with E-state index in [0.717, 1.165) is 28.5 Å². The van der Waals surface area contributed by atoms with Gasteiger partial charge >= 0.3 is 0 Å². The number of nitrogen functional groups attached to an aromatic ring is 1. The highest BCUT2D eigenvalue weighted by Crippen LogP contribution is 2.72. The zero-order valence-electron chi connectivity index (χ0n) is 25.6. The Morgan fingerprint density at radius 2 is 1.80 bits per heavy atom. The van der Waals surface area contributed by atoms with E-state index in [1.807, 2.05) is 49.4 Å². The second-order valence-electron chi connectivity index (χ2n) is 14.1. The number of carbonyl (C=O) groups excluding carboxylic acids is 2. The molecule has 1 heterocycles. The van der Waals surface area contributed by atoms with Crippen LogP contribution in [0.25, 0.3) is 0 Å². The molecule has 4 N–H and O–H groups in total. The lowest BCUT2D eigenvalue weighted by Crippen LogP contribution is -2.70. The van der Waals surface area contributed by atoms with Crippen LogP contribution in [-0.2, 0) is 25.5 Å². The highest BCUT2D eigenvalue weighted by atomic mass is 19.1. The van der Waals surface area contributed by atoms with Gasteiger partial charge in [-0.05, 0) is 85.9 Å². The van der Waals surface area contributed by atoms with Crippen LogP contribution in [0.3, 0.4) is 0 Å². The Labute approximate surface area is 261 Å². The molecule has 10 atom stereocenters. The van der Waals surface area contributed by atoms with Crippen molar-refractivity contribution in [3.8, 4) is 0 Å². The van der Waals surface area contributed by atoms with Crippen LogP contribution in [0.5, 0.6) is 0 Å². The first-order valence-electron chi connectivity index (χ1n) is 15.7. The third-order valence-corrected chi connectivity index (χ3v) is 11.9. The molecule has 0 radical (unpaired) electrons. The molecule has 0 aromatic heterocycles. The predicted octanol–water partition coefficient (Wildman–Crippen LogP) is 4.81. The third kappa shape index (κ3) is 4.00. The van der Waals surface area contributed by atoms with Crippen LogP contribution in [0.1, 0.15) is 61.7 Å². The second kappa shape index (κ2) is 10.1. The summed E-state index contributed by atoms with van der Waals surface area (Å²) in [7, 11) is 0. The molecule has 4 fully saturated rings. The van der Waals surface area contributed by atoms with Crippen molar-refractivity contribution in [2.75, 3.05) is 12.3 Å². The number of hydrogen-bond donors (Lipinski definition) is 3. The molecule has 0 amide bonds. The van der Waals surface area contributed by atoms with Crippen LogP contribution >= 0.6 is 0 Å². The number of halogens is 2. The van der Waals surface area contributed by atoms with Gasteiger partial charge in [0.2, 0.25) is 0 Å². The van der Waals surface area contributed by atoms with Gasteiger partial charge in [-0.15, -0.1) is 0 Å². The van der Waals surface area contributed by atoms with E-state index >= 15 is 8.78 Å². The number of allylic oxidation sites excluding steroid dienone is 4. The average molecular weight is 620 g/mol. The van der Waals surface area contributed by atoms with Crippen LogP contribution in [-0.4, -0.2) is 58.0 Å². The van der Waals surface area contributed by atoms with Crippen molar-refractivity contribution >= 4 is 17.3 Å². The van der Waals surface area contributed by atoms with Crippen molar-refractivity contribution in [3.63, 3.8) is 0 Å². The van der Waals surface area contributed by atoms with E-state index in [4.69, 9.17) is 15.2 Å². The number of ketones is 2. The van der Waals surface area contributed by atoms with Gasteiger partial charge in [0.15, 0.2) is 29.1 Å². The standard InChI is InChI=1S/C36H39F2NO6/c1-19-4-5-21(13-28(19)39)12-20-6-8-22(9-7-20)32-44-31-16-24-25-15-27(37)26-14-23(41)10-11-33(26,2)35(25,38)29(42)17-34(24,3)36(31,45-32)30(43)18-40/h4-11,13-14,24-25,27,29,31-32,40,42H,12,15-18,39H2,1-3H3/t24-,25-,27-,29-,31+,32+,33-,34-,35-,36+/m0/s1. The molecule has 1 saturated heterocycles. The smallest absolute Gasteiger partial charge is 0.193 e. The number of aryl methyl sites for hydroxylation is 1. The molecule has 7 nitrogen and oxygen atoms in total. The maximum atomic E-state index is 17.6. The molecule has 0 spiro atoms. The zero-order valence-corrected chi connectivity index (χ0v) is 25.6. The molecule has 1 aliphatic heterocycles. The maximum Gasteiger partial charge on any atom is 0.193 e. The SMILES string of the molecule is Cc1ccc(Cc2ccc([C@@H]3O[C@@H]4C[C@H]5[C@@H]6C[C@H](F)C7=CC(=O)C=C[C@]7(C)[C@@]6(F)[C@@H](O)C[C@]5(C)[C@]4(C(=O)CO)O3)cc2)cc1N. The molecule has 2 aromatic rings. The largest absolute Gasteiger partial charge is 0.399 e. The Hall–Kier alpha value is -3.24. The molecule has 0 unspecified atom stereocenters. The summed E-state index contributed by atoms with van der Waals surface area (Å²) in [5.74, 6) is -2.60. The first kappa shape index (κ1) is 30.4. The molecule has 238 valence electrons. The van der Waals surface area contributed by atoms with Crippen molar-refractivity contribution < 1.29 is 38.1 Å². The van der Waals surface area contributed by atoms with Gasteiger partial charge in [-0.2, -0.15) is 0 Å². The molecule has 3 saturated carbocycles. The summed E-state index contributed by atoms with van der Waals surface area (Å²) < 4.78 is 46.4. The van der Waals surface area contributed by atoms with E-state index in [2.05, 4.69) is 0 Å². The number of carbonyl (C=O) groups is 2. The van der Waals surface area contributed by atoms with Gasteiger partial charge in [-0.3, -0.25) is 9.59 Å². The van der Waals surface area contributed by atoms with Crippen LogP contribution in [0.15, 0.2) is 66.3 Å². The van der Waals surface area contributed by atoms with Gasteiger partial charge in [0.25, 0.3) is 0 Å². The lowest BCUT2D eigenvalue weighted by Gasteiger charge is -2.63. The number of aliphatic hydroxyl groups excluding tert-OH is 2. The molecule has 7 rings (SSSR count). The Balaban J connectivity index is 1.20. The van der Waals surface area contributed by atoms with Gasteiger partial charge in [0, 0.05) is 28.0 Å². The number of anilines is 1. The van der Waals surface area contributed by atoms with Crippen molar-refractivity contribution in [1.82, 2.24) is 0 Å². The fourth-order valence-corrected chi connectivity index (χ4v) is 9.54. The van der Waals surface area contributed by atoms with Crippen LogP contribution in [0.4, 0.5) is 14.5 Å². The second-order valence-corrected chi connectivity index (χ2v) is 14.1. The zero-order chi connectivity index (χ0) is 32.1. The van der Waals surface area contributed by atoms with E-state index in [9.17, 15) is 19.8 Å². The number of fused-ring (bicyclic) bond motifs is 7. The Bertz CT molecular complexity index is 1640. The van der Waals surface area contributed by atoms with Crippen LogP contribution in [0.2, 0.25) is 0 Å². The van der Waals surface area contributed by atoms with Crippen molar-refractivity contribution in [3.05, 3.63) is 88.5 Å². The minimum absolute atomic E-state index is 0.0394. The number of benzene rings is 2. The van der Waals surface area contributed by atoms with Gasteiger partial charge in [-0.1, -0.05) is 49.4 Å². The van der Waals surface area contributed by atoms with Gasteiger partial charge in [0.05, 0.1) is 12.2 Å².